The first kappa shape index (κ1) is 20.4. The fourth-order valence-corrected chi connectivity index (χ4v) is 4.66. The number of rotatable bonds is 6. The lowest BCUT2D eigenvalue weighted by Gasteiger charge is -2.25. The molecule has 0 bridgehead atoms. The summed E-state index contributed by atoms with van der Waals surface area (Å²) in [7, 11) is -3.58. The molecule has 0 saturated carbocycles. The van der Waals surface area contributed by atoms with Gasteiger partial charge in [-0.3, -0.25) is 9.10 Å². The van der Waals surface area contributed by atoms with Gasteiger partial charge in [-0.15, -0.1) is 0 Å². The van der Waals surface area contributed by atoms with Gasteiger partial charge >= 0.3 is 0 Å². The van der Waals surface area contributed by atoms with Crippen molar-refractivity contribution in [3.8, 4) is 0 Å². The number of sulfonamides is 1. The number of fused-ring (bicyclic) bond motifs is 1. The van der Waals surface area contributed by atoms with Gasteiger partial charge < -0.3 is 5.32 Å². The fourth-order valence-electron chi connectivity index (χ4n) is 3.75. The van der Waals surface area contributed by atoms with Crippen molar-refractivity contribution in [2.45, 2.75) is 45.6 Å². The molecule has 3 rings (SSSR count). The van der Waals surface area contributed by atoms with Gasteiger partial charge in [0, 0.05) is 0 Å². The SMILES string of the molecule is Cc1ccccc1N(CC(=O)N[C@H](C)c1ccc2c(c1)CCCC2)S(C)(=O)=O. The molecule has 6 heteroatoms. The molecule has 5 nitrogen and oxygen atoms in total. The first-order valence-electron chi connectivity index (χ1n) is 9.70. The first-order chi connectivity index (χ1) is 13.3. The van der Waals surface area contributed by atoms with Gasteiger partial charge in [-0.1, -0.05) is 36.4 Å². The topological polar surface area (TPSA) is 66.5 Å². The molecule has 1 amide bonds. The van der Waals surface area contributed by atoms with E-state index in [1.165, 1.54) is 24.0 Å². The van der Waals surface area contributed by atoms with Crippen molar-refractivity contribution in [3.05, 3.63) is 64.7 Å². The van der Waals surface area contributed by atoms with Crippen LogP contribution in [0.3, 0.4) is 0 Å². The van der Waals surface area contributed by atoms with Gasteiger partial charge in [0.15, 0.2) is 0 Å². The molecule has 0 radical (unpaired) electrons. The summed E-state index contributed by atoms with van der Waals surface area (Å²) < 4.78 is 25.7. The Labute approximate surface area is 167 Å². The molecule has 1 aliphatic carbocycles. The van der Waals surface area contributed by atoms with Gasteiger partial charge in [-0.25, -0.2) is 8.42 Å². The number of nitrogens with one attached hydrogen (secondary N) is 1. The zero-order valence-electron chi connectivity index (χ0n) is 16.7. The van der Waals surface area contributed by atoms with Crippen LogP contribution in [0.5, 0.6) is 0 Å². The zero-order valence-corrected chi connectivity index (χ0v) is 17.6. The number of anilines is 1. The van der Waals surface area contributed by atoms with Crippen molar-refractivity contribution >= 4 is 21.6 Å². The van der Waals surface area contributed by atoms with Crippen molar-refractivity contribution in [1.29, 1.82) is 0 Å². The van der Waals surface area contributed by atoms with Crippen molar-refractivity contribution in [3.63, 3.8) is 0 Å². The third-order valence-electron chi connectivity index (χ3n) is 5.32. The van der Waals surface area contributed by atoms with E-state index in [0.717, 1.165) is 34.5 Å². The average molecular weight is 401 g/mol. The first-order valence-corrected chi connectivity index (χ1v) is 11.5. The van der Waals surface area contributed by atoms with Crippen LogP contribution in [0.4, 0.5) is 5.69 Å². The molecule has 0 unspecified atom stereocenters. The average Bonchev–Trinajstić information content (AvgIpc) is 2.65. The molecule has 0 fully saturated rings. The monoisotopic (exact) mass is 400 g/mol. The number of carbonyl (C=O) groups is 1. The van der Waals surface area contributed by atoms with Crippen LogP contribution in [0.15, 0.2) is 42.5 Å². The quantitative estimate of drug-likeness (QED) is 0.807. The lowest BCUT2D eigenvalue weighted by molar-refractivity contribution is -0.120. The molecule has 0 saturated heterocycles. The Morgan fingerprint density at radius 3 is 2.46 bits per heavy atom. The molecule has 150 valence electrons. The van der Waals surface area contributed by atoms with E-state index in [1.807, 2.05) is 26.0 Å². The van der Waals surface area contributed by atoms with E-state index in [4.69, 9.17) is 0 Å². The summed E-state index contributed by atoms with van der Waals surface area (Å²) in [5, 5.41) is 2.95. The standard InChI is InChI=1S/C22H28N2O3S/c1-16-8-4-7-11-21(16)24(28(3,26)27)15-22(25)23-17(2)19-13-12-18-9-5-6-10-20(18)14-19/h4,7-8,11-14,17H,5-6,9-10,15H2,1-3H3,(H,23,25)/t17-/m1/s1. The molecular formula is C22H28N2O3S. The summed E-state index contributed by atoms with van der Waals surface area (Å²) in [6.45, 7) is 3.53. The van der Waals surface area contributed by atoms with Crippen molar-refractivity contribution < 1.29 is 13.2 Å². The number of benzene rings is 2. The van der Waals surface area contributed by atoms with Crippen LogP contribution >= 0.6 is 0 Å². The second-order valence-corrected chi connectivity index (χ2v) is 9.49. The third kappa shape index (κ3) is 4.73. The molecule has 1 aliphatic rings. The molecule has 0 aromatic heterocycles. The van der Waals surface area contributed by atoms with E-state index in [2.05, 4.69) is 23.5 Å². The Morgan fingerprint density at radius 2 is 1.79 bits per heavy atom. The summed E-state index contributed by atoms with van der Waals surface area (Å²) in [6.07, 6.45) is 5.77. The number of para-hydroxylation sites is 1. The molecule has 0 heterocycles. The summed E-state index contributed by atoms with van der Waals surface area (Å²) in [6, 6.07) is 13.4. The summed E-state index contributed by atoms with van der Waals surface area (Å²) in [5.74, 6) is -0.320. The highest BCUT2D eigenvalue weighted by Crippen LogP contribution is 2.25. The highest BCUT2D eigenvalue weighted by atomic mass is 32.2. The number of nitrogens with zero attached hydrogens (tertiary/aromatic N) is 1. The van der Waals surface area contributed by atoms with Gasteiger partial charge in [0.2, 0.25) is 15.9 Å². The molecule has 0 aliphatic heterocycles. The van der Waals surface area contributed by atoms with Crippen LogP contribution in [0.2, 0.25) is 0 Å². The van der Waals surface area contributed by atoms with E-state index in [1.54, 1.807) is 12.1 Å². The Balaban J connectivity index is 1.73. The van der Waals surface area contributed by atoms with Crippen LogP contribution in [0.1, 0.15) is 48.1 Å². The Bertz CT molecular complexity index is 969. The highest BCUT2D eigenvalue weighted by molar-refractivity contribution is 7.92. The molecule has 2 aromatic rings. The fraction of sp³-hybridized carbons (Fsp3) is 0.409. The second kappa shape index (κ2) is 8.35. The van der Waals surface area contributed by atoms with Crippen LogP contribution in [0, 0.1) is 6.92 Å². The van der Waals surface area contributed by atoms with Crippen LogP contribution in [0.25, 0.3) is 0 Å². The molecule has 1 atom stereocenters. The van der Waals surface area contributed by atoms with E-state index in [0.29, 0.717) is 5.69 Å². The highest BCUT2D eigenvalue weighted by Gasteiger charge is 2.23. The molecule has 1 N–H and O–H groups in total. The van der Waals surface area contributed by atoms with E-state index in [-0.39, 0.29) is 18.5 Å². The predicted octanol–water partition coefficient (Wildman–Crippen LogP) is 3.52. The minimum absolute atomic E-state index is 0.182. The summed E-state index contributed by atoms with van der Waals surface area (Å²) in [5.41, 5.74) is 5.15. The Morgan fingerprint density at radius 1 is 1.11 bits per heavy atom. The van der Waals surface area contributed by atoms with Crippen LogP contribution in [-0.2, 0) is 27.7 Å². The van der Waals surface area contributed by atoms with Crippen LogP contribution in [-0.4, -0.2) is 27.1 Å². The predicted molar refractivity (Wildman–Crippen MR) is 113 cm³/mol. The summed E-state index contributed by atoms with van der Waals surface area (Å²) in [4.78, 5) is 12.6. The van der Waals surface area contributed by atoms with Gasteiger partial charge in [0.05, 0.1) is 18.0 Å². The maximum absolute atomic E-state index is 12.6. The zero-order chi connectivity index (χ0) is 20.3. The van der Waals surface area contributed by atoms with Gasteiger partial charge in [-0.05, 0) is 67.9 Å². The lowest BCUT2D eigenvalue weighted by Crippen LogP contribution is -2.41. The van der Waals surface area contributed by atoms with Gasteiger partial charge in [-0.2, -0.15) is 0 Å². The van der Waals surface area contributed by atoms with Crippen molar-refractivity contribution in [1.82, 2.24) is 5.32 Å². The maximum atomic E-state index is 12.6. The number of aryl methyl sites for hydroxylation is 3. The number of hydrogen-bond acceptors (Lipinski definition) is 3. The number of hydrogen-bond donors (Lipinski definition) is 1. The van der Waals surface area contributed by atoms with E-state index in [9.17, 15) is 13.2 Å². The minimum atomic E-state index is -3.58. The Kier molecular flexibility index (Phi) is 6.08. The van der Waals surface area contributed by atoms with E-state index < -0.39 is 10.0 Å². The van der Waals surface area contributed by atoms with Gasteiger partial charge in [0.1, 0.15) is 6.54 Å². The smallest absolute Gasteiger partial charge is 0.241 e. The summed E-state index contributed by atoms with van der Waals surface area (Å²) >= 11 is 0. The molecular weight excluding hydrogens is 372 g/mol. The van der Waals surface area contributed by atoms with E-state index >= 15 is 0 Å². The largest absolute Gasteiger partial charge is 0.348 e. The third-order valence-corrected chi connectivity index (χ3v) is 6.45. The molecule has 0 spiro atoms. The van der Waals surface area contributed by atoms with Crippen LogP contribution < -0.4 is 9.62 Å². The van der Waals surface area contributed by atoms with Crippen molar-refractivity contribution in [2.75, 3.05) is 17.1 Å². The van der Waals surface area contributed by atoms with Gasteiger partial charge in [0.25, 0.3) is 0 Å². The maximum Gasteiger partial charge on any atom is 0.241 e. The molecule has 28 heavy (non-hydrogen) atoms. The minimum Gasteiger partial charge on any atom is -0.348 e. The molecule has 2 aromatic carbocycles. The second-order valence-electron chi connectivity index (χ2n) is 7.58. The van der Waals surface area contributed by atoms with Crippen molar-refractivity contribution in [2.24, 2.45) is 0 Å². The normalized spacial score (nSPS) is 14.8. The lowest BCUT2D eigenvalue weighted by atomic mass is 9.89. The number of carbonyl (C=O) groups excluding carboxylic acids is 1. The Hall–Kier alpha value is -2.34. The number of amides is 1.